The van der Waals surface area contributed by atoms with Gasteiger partial charge in [-0.1, -0.05) is 18.6 Å². The van der Waals surface area contributed by atoms with Crippen LogP contribution >= 0.6 is 0 Å². The first-order valence-electron chi connectivity index (χ1n) is 8.83. The molecule has 0 spiro atoms. The number of aromatic nitrogens is 1. The number of benzene rings is 1. The fraction of sp³-hybridized carbons (Fsp3) is 0.421. The predicted octanol–water partition coefficient (Wildman–Crippen LogP) is 3.72. The van der Waals surface area contributed by atoms with Crippen molar-refractivity contribution in [3.8, 4) is 0 Å². The smallest absolute Gasteiger partial charge is 0.244 e. The molecule has 0 unspecified atom stereocenters. The molecule has 2 heterocycles. The number of rotatable bonds is 5. The third kappa shape index (κ3) is 3.85. The summed E-state index contributed by atoms with van der Waals surface area (Å²) in [6, 6.07) is 11.7. The highest BCUT2D eigenvalue weighted by Crippen LogP contribution is 2.26. The van der Waals surface area contributed by atoms with E-state index in [0.29, 0.717) is 13.1 Å². The summed E-state index contributed by atoms with van der Waals surface area (Å²) in [7, 11) is -3.43. The predicted molar refractivity (Wildman–Crippen MR) is 101 cm³/mol. The highest BCUT2D eigenvalue weighted by Gasteiger charge is 2.26. The molecule has 1 saturated heterocycles. The van der Waals surface area contributed by atoms with Gasteiger partial charge in [0.2, 0.25) is 10.0 Å². The molecule has 0 radical (unpaired) electrons. The van der Waals surface area contributed by atoms with Gasteiger partial charge in [0.05, 0.1) is 0 Å². The molecule has 1 aromatic heterocycles. The Labute approximate surface area is 150 Å². The molecule has 2 aromatic rings. The summed E-state index contributed by atoms with van der Waals surface area (Å²) in [5.74, 6) is 0.755. The Kier molecular flexibility index (Phi) is 5.39. The number of sulfonamides is 1. The summed E-state index contributed by atoms with van der Waals surface area (Å²) in [6.45, 7) is 6.08. The first kappa shape index (κ1) is 17.9. The number of nitrogens with zero attached hydrogens (tertiary/aromatic N) is 3. The van der Waals surface area contributed by atoms with Gasteiger partial charge in [0.15, 0.2) is 0 Å². The fourth-order valence-corrected chi connectivity index (χ4v) is 4.67. The maximum atomic E-state index is 12.7. The van der Waals surface area contributed by atoms with E-state index in [2.05, 4.69) is 35.9 Å². The second kappa shape index (κ2) is 7.54. The lowest BCUT2D eigenvalue weighted by atomic mass is 10.2. The van der Waals surface area contributed by atoms with Gasteiger partial charge >= 0.3 is 0 Å². The van der Waals surface area contributed by atoms with Crippen molar-refractivity contribution in [1.29, 1.82) is 0 Å². The molecule has 0 aliphatic carbocycles. The van der Waals surface area contributed by atoms with E-state index in [1.54, 1.807) is 16.4 Å². The number of hydrogen-bond acceptors (Lipinski definition) is 4. The first-order chi connectivity index (χ1) is 12.0. The molecule has 134 valence electrons. The summed E-state index contributed by atoms with van der Waals surface area (Å²) in [4.78, 5) is 6.79. The van der Waals surface area contributed by atoms with Gasteiger partial charge in [-0.05, 0) is 56.5 Å². The lowest BCUT2D eigenvalue weighted by Gasteiger charge is -2.26. The largest absolute Gasteiger partial charge is 0.327 e. The van der Waals surface area contributed by atoms with Crippen LogP contribution < -0.4 is 4.90 Å². The van der Waals surface area contributed by atoms with Crippen LogP contribution in [0.25, 0.3) is 0 Å². The average Bonchev–Trinajstić information content (AvgIpc) is 2.64. The summed E-state index contributed by atoms with van der Waals surface area (Å²) < 4.78 is 27.0. The zero-order valence-electron chi connectivity index (χ0n) is 14.9. The van der Waals surface area contributed by atoms with Crippen molar-refractivity contribution in [2.45, 2.75) is 38.0 Å². The molecule has 1 aromatic carbocycles. The topological polar surface area (TPSA) is 53.5 Å². The van der Waals surface area contributed by atoms with Crippen LogP contribution in [0.1, 0.15) is 31.7 Å². The quantitative estimate of drug-likeness (QED) is 0.816. The van der Waals surface area contributed by atoms with Crippen LogP contribution in [0, 0.1) is 6.92 Å². The monoisotopic (exact) mass is 359 g/mol. The van der Waals surface area contributed by atoms with Gasteiger partial charge in [-0.25, -0.2) is 13.4 Å². The van der Waals surface area contributed by atoms with Crippen molar-refractivity contribution < 1.29 is 8.42 Å². The lowest BCUT2D eigenvalue weighted by molar-refractivity contribution is 0.346. The fourth-order valence-electron chi connectivity index (χ4n) is 3.21. The van der Waals surface area contributed by atoms with Gasteiger partial charge in [-0.15, -0.1) is 0 Å². The van der Waals surface area contributed by atoms with Crippen LogP contribution in [0.3, 0.4) is 0 Å². The van der Waals surface area contributed by atoms with Crippen molar-refractivity contribution in [3.63, 3.8) is 0 Å². The van der Waals surface area contributed by atoms with Gasteiger partial charge < -0.3 is 4.90 Å². The van der Waals surface area contributed by atoms with E-state index < -0.39 is 10.0 Å². The second-order valence-corrected chi connectivity index (χ2v) is 8.34. The molecule has 1 aliphatic rings. The Morgan fingerprint density at radius 3 is 2.48 bits per heavy atom. The SMILES string of the molecule is CCN(c1cccc(C)c1)c1ccc(S(=O)(=O)N2CCCCC2)cn1. The van der Waals surface area contributed by atoms with Gasteiger partial charge in [0.1, 0.15) is 10.7 Å². The maximum absolute atomic E-state index is 12.7. The van der Waals surface area contributed by atoms with E-state index in [1.807, 2.05) is 12.1 Å². The zero-order valence-corrected chi connectivity index (χ0v) is 15.7. The summed E-state index contributed by atoms with van der Waals surface area (Å²) >= 11 is 0. The van der Waals surface area contributed by atoms with Crippen LogP contribution in [0.15, 0.2) is 47.5 Å². The molecule has 0 bridgehead atoms. The van der Waals surface area contributed by atoms with Gasteiger partial charge in [0, 0.05) is 31.5 Å². The normalized spacial score (nSPS) is 15.9. The molecular weight excluding hydrogens is 334 g/mol. The van der Waals surface area contributed by atoms with Crippen LogP contribution in [0.5, 0.6) is 0 Å². The van der Waals surface area contributed by atoms with E-state index >= 15 is 0 Å². The van der Waals surface area contributed by atoms with Crippen molar-refractivity contribution in [1.82, 2.24) is 9.29 Å². The minimum atomic E-state index is -3.43. The Bertz CT molecular complexity index is 813. The highest BCUT2D eigenvalue weighted by atomic mass is 32.2. The molecule has 0 atom stereocenters. The number of aryl methyl sites for hydroxylation is 1. The number of piperidine rings is 1. The Balaban J connectivity index is 1.86. The number of anilines is 2. The van der Waals surface area contributed by atoms with Gasteiger partial charge in [0.25, 0.3) is 0 Å². The second-order valence-electron chi connectivity index (χ2n) is 6.40. The van der Waals surface area contributed by atoms with Crippen LogP contribution in [0.4, 0.5) is 11.5 Å². The molecule has 1 fully saturated rings. The summed E-state index contributed by atoms with van der Waals surface area (Å²) in [5, 5.41) is 0. The van der Waals surface area contributed by atoms with Crippen molar-refractivity contribution >= 4 is 21.5 Å². The minimum Gasteiger partial charge on any atom is -0.327 e. The molecule has 5 nitrogen and oxygen atoms in total. The van der Waals surface area contributed by atoms with E-state index in [4.69, 9.17) is 0 Å². The number of hydrogen-bond donors (Lipinski definition) is 0. The van der Waals surface area contributed by atoms with Crippen molar-refractivity contribution in [2.75, 3.05) is 24.5 Å². The molecule has 0 N–H and O–H groups in total. The molecular formula is C19H25N3O2S. The molecule has 25 heavy (non-hydrogen) atoms. The minimum absolute atomic E-state index is 0.276. The van der Waals surface area contributed by atoms with E-state index in [1.165, 1.54) is 11.8 Å². The molecule has 3 rings (SSSR count). The standard InChI is InChI=1S/C19H25N3O2S/c1-3-22(17-9-7-8-16(2)14-17)19-11-10-18(15-20-19)25(23,24)21-12-5-4-6-13-21/h7-11,14-15H,3-6,12-13H2,1-2H3. The van der Waals surface area contributed by atoms with Crippen molar-refractivity contribution in [3.05, 3.63) is 48.2 Å². The molecule has 6 heteroatoms. The highest BCUT2D eigenvalue weighted by molar-refractivity contribution is 7.89. The Morgan fingerprint density at radius 1 is 1.12 bits per heavy atom. The van der Waals surface area contributed by atoms with Gasteiger partial charge in [-0.3, -0.25) is 0 Å². The Hall–Kier alpha value is -1.92. The van der Waals surface area contributed by atoms with Crippen molar-refractivity contribution in [2.24, 2.45) is 0 Å². The number of pyridine rings is 1. The third-order valence-electron chi connectivity index (χ3n) is 4.58. The van der Waals surface area contributed by atoms with Crippen LogP contribution in [0.2, 0.25) is 0 Å². The van der Waals surface area contributed by atoms with Crippen LogP contribution in [-0.2, 0) is 10.0 Å². The van der Waals surface area contributed by atoms with E-state index in [0.717, 1.165) is 37.3 Å². The van der Waals surface area contributed by atoms with E-state index in [9.17, 15) is 8.42 Å². The Morgan fingerprint density at radius 2 is 1.88 bits per heavy atom. The zero-order chi connectivity index (χ0) is 17.9. The van der Waals surface area contributed by atoms with E-state index in [-0.39, 0.29) is 4.90 Å². The van der Waals surface area contributed by atoms with Crippen LogP contribution in [-0.4, -0.2) is 37.3 Å². The third-order valence-corrected chi connectivity index (χ3v) is 6.46. The van der Waals surface area contributed by atoms with Gasteiger partial charge in [-0.2, -0.15) is 4.31 Å². The molecule has 0 saturated carbocycles. The average molecular weight is 359 g/mol. The first-order valence-corrected chi connectivity index (χ1v) is 10.3. The summed E-state index contributed by atoms with van der Waals surface area (Å²) in [6.07, 6.45) is 4.45. The maximum Gasteiger partial charge on any atom is 0.244 e. The molecule has 0 amide bonds. The summed E-state index contributed by atoms with van der Waals surface area (Å²) in [5.41, 5.74) is 2.24. The molecule has 1 aliphatic heterocycles. The lowest BCUT2D eigenvalue weighted by Crippen LogP contribution is -2.35.